The van der Waals surface area contributed by atoms with E-state index < -0.39 is 0 Å². The van der Waals surface area contributed by atoms with E-state index in [1.807, 2.05) is 16.7 Å². The Labute approximate surface area is 96.8 Å². The third kappa shape index (κ3) is 4.03. The van der Waals surface area contributed by atoms with Crippen molar-refractivity contribution in [2.45, 2.75) is 44.4 Å². The van der Waals surface area contributed by atoms with Gasteiger partial charge in [0.2, 0.25) is 5.91 Å². The number of hydrogen-bond acceptors (Lipinski definition) is 3. The Hall–Kier alpha value is -0.220. The number of hydrogen-bond donors (Lipinski definition) is 1. The molecule has 2 unspecified atom stereocenters. The van der Waals surface area contributed by atoms with Gasteiger partial charge in [0.15, 0.2) is 0 Å². The molecule has 3 nitrogen and oxygen atoms in total. The van der Waals surface area contributed by atoms with Crippen molar-refractivity contribution in [3.63, 3.8) is 0 Å². The number of nitrogens with two attached hydrogens (primary N) is 1. The van der Waals surface area contributed by atoms with Crippen LogP contribution in [0.5, 0.6) is 0 Å². The summed E-state index contributed by atoms with van der Waals surface area (Å²) in [5, 5.41) is 0.557. The van der Waals surface area contributed by atoms with Crippen molar-refractivity contribution in [1.82, 2.24) is 4.90 Å². The predicted octanol–water partition coefficient (Wildman–Crippen LogP) is 1.47. The lowest BCUT2D eigenvalue weighted by molar-refractivity contribution is -0.132. The molecule has 2 atom stereocenters. The first-order chi connectivity index (χ1) is 7.15. The highest BCUT2D eigenvalue weighted by Crippen LogP contribution is 2.18. The topological polar surface area (TPSA) is 46.3 Å². The van der Waals surface area contributed by atoms with E-state index >= 15 is 0 Å². The summed E-state index contributed by atoms with van der Waals surface area (Å²) in [7, 11) is 0. The molecule has 0 saturated carbocycles. The standard InChI is InChI=1S/C11H22N2OS/c1-3-4-5-10(12)11(14)13-6-7-15-9(2)8-13/h9-10H,3-8,12H2,1-2H3. The van der Waals surface area contributed by atoms with Crippen molar-refractivity contribution >= 4 is 17.7 Å². The summed E-state index contributed by atoms with van der Waals surface area (Å²) in [5.41, 5.74) is 5.88. The molecule has 0 bridgehead atoms. The summed E-state index contributed by atoms with van der Waals surface area (Å²) in [6.07, 6.45) is 2.98. The molecular weight excluding hydrogens is 208 g/mol. The predicted molar refractivity (Wildman–Crippen MR) is 66.0 cm³/mol. The molecule has 0 aromatic carbocycles. The van der Waals surface area contributed by atoms with Crippen molar-refractivity contribution in [1.29, 1.82) is 0 Å². The van der Waals surface area contributed by atoms with Gasteiger partial charge in [-0.2, -0.15) is 11.8 Å². The van der Waals surface area contributed by atoms with Crippen LogP contribution in [-0.2, 0) is 4.79 Å². The Morgan fingerprint density at radius 2 is 2.40 bits per heavy atom. The summed E-state index contributed by atoms with van der Waals surface area (Å²) >= 11 is 1.93. The molecular formula is C11H22N2OS. The second-order valence-corrected chi connectivity index (χ2v) is 5.76. The monoisotopic (exact) mass is 230 g/mol. The Bertz CT molecular complexity index is 211. The smallest absolute Gasteiger partial charge is 0.239 e. The molecule has 88 valence electrons. The van der Waals surface area contributed by atoms with Crippen LogP contribution >= 0.6 is 11.8 Å². The van der Waals surface area contributed by atoms with Crippen molar-refractivity contribution in [2.75, 3.05) is 18.8 Å². The van der Waals surface area contributed by atoms with Gasteiger partial charge in [-0.3, -0.25) is 4.79 Å². The normalized spacial score (nSPS) is 23.9. The fourth-order valence-corrected chi connectivity index (χ4v) is 2.81. The zero-order valence-electron chi connectivity index (χ0n) is 9.74. The number of carbonyl (C=O) groups is 1. The largest absolute Gasteiger partial charge is 0.339 e. The average molecular weight is 230 g/mol. The maximum atomic E-state index is 11.9. The van der Waals surface area contributed by atoms with Crippen LogP contribution in [-0.4, -0.2) is 40.9 Å². The number of unbranched alkanes of at least 4 members (excludes halogenated alkanes) is 1. The number of thioether (sulfide) groups is 1. The Morgan fingerprint density at radius 1 is 1.67 bits per heavy atom. The summed E-state index contributed by atoms with van der Waals surface area (Å²) in [6, 6.07) is -0.278. The van der Waals surface area contributed by atoms with E-state index in [9.17, 15) is 4.79 Å². The zero-order valence-corrected chi connectivity index (χ0v) is 10.6. The lowest BCUT2D eigenvalue weighted by Crippen LogP contribution is -2.48. The number of carbonyl (C=O) groups excluding carboxylic acids is 1. The van der Waals surface area contributed by atoms with Gasteiger partial charge in [-0.05, 0) is 6.42 Å². The highest BCUT2D eigenvalue weighted by Gasteiger charge is 2.24. The molecule has 1 amide bonds. The first-order valence-corrected chi connectivity index (χ1v) is 6.86. The fraction of sp³-hybridized carbons (Fsp3) is 0.909. The van der Waals surface area contributed by atoms with Crippen LogP contribution in [0.25, 0.3) is 0 Å². The molecule has 1 fully saturated rings. The molecule has 1 rings (SSSR count). The third-order valence-electron chi connectivity index (χ3n) is 2.74. The summed E-state index contributed by atoms with van der Waals surface area (Å²) in [4.78, 5) is 13.9. The molecule has 0 aromatic rings. The van der Waals surface area contributed by atoms with Crippen LogP contribution in [0.1, 0.15) is 33.1 Å². The van der Waals surface area contributed by atoms with E-state index in [0.717, 1.165) is 38.1 Å². The molecule has 0 radical (unpaired) electrons. The molecule has 2 N–H and O–H groups in total. The van der Waals surface area contributed by atoms with Gasteiger partial charge in [0.1, 0.15) is 0 Å². The number of nitrogens with zero attached hydrogens (tertiary/aromatic N) is 1. The van der Waals surface area contributed by atoms with Crippen molar-refractivity contribution in [3.8, 4) is 0 Å². The molecule has 1 aliphatic rings. The third-order valence-corrected chi connectivity index (χ3v) is 3.88. The van der Waals surface area contributed by atoms with E-state index in [1.54, 1.807) is 0 Å². The molecule has 1 saturated heterocycles. The van der Waals surface area contributed by atoms with Gasteiger partial charge < -0.3 is 10.6 Å². The second kappa shape index (κ2) is 6.38. The van der Waals surface area contributed by atoms with Crippen LogP contribution in [0, 0.1) is 0 Å². The lowest BCUT2D eigenvalue weighted by Gasteiger charge is -2.32. The van der Waals surface area contributed by atoms with E-state index in [-0.39, 0.29) is 11.9 Å². The lowest BCUT2D eigenvalue weighted by atomic mass is 10.1. The quantitative estimate of drug-likeness (QED) is 0.795. The van der Waals surface area contributed by atoms with Gasteiger partial charge in [-0.15, -0.1) is 0 Å². The minimum atomic E-state index is -0.278. The number of rotatable bonds is 4. The van der Waals surface area contributed by atoms with Gasteiger partial charge in [0.05, 0.1) is 6.04 Å². The van der Waals surface area contributed by atoms with Gasteiger partial charge in [0, 0.05) is 24.1 Å². The fourth-order valence-electron chi connectivity index (χ4n) is 1.80. The van der Waals surface area contributed by atoms with E-state index in [4.69, 9.17) is 5.73 Å². The maximum Gasteiger partial charge on any atom is 0.239 e. The summed E-state index contributed by atoms with van der Waals surface area (Å²) < 4.78 is 0. The van der Waals surface area contributed by atoms with Gasteiger partial charge >= 0.3 is 0 Å². The molecule has 4 heteroatoms. The highest BCUT2D eigenvalue weighted by molar-refractivity contribution is 7.99. The molecule has 15 heavy (non-hydrogen) atoms. The molecule has 0 aliphatic carbocycles. The molecule has 1 aliphatic heterocycles. The van der Waals surface area contributed by atoms with Gasteiger partial charge in [0.25, 0.3) is 0 Å². The summed E-state index contributed by atoms with van der Waals surface area (Å²) in [6.45, 7) is 6.02. The molecule has 0 aromatic heterocycles. The van der Waals surface area contributed by atoms with Crippen LogP contribution in [0.2, 0.25) is 0 Å². The SMILES string of the molecule is CCCCC(N)C(=O)N1CCSC(C)C1. The number of amides is 1. The maximum absolute atomic E-state index is 11.9. The van der Waals surface area contributed by atoms with Gasteiger partial charge in [-0.25, -0.2) is 0 Å². The highest BCUT2D eigenvalue weighted by atomic mass is 32.2. The van der Waals surface area contributed by atoms with Crippen LogP contribution in [0.3, 0.4) is 0 Å². The van der Waals surface area contributed by atoms with Crippen molar-refractivity contribution < 1.29 is 4.79 Å². The Morgan fingerprint density at radius 3 is 3.00 bits per heavy atom. The van der Waals surface area contributed by atoms with Crippen molar-refractivity contribution in [2.24, 2.45) is 5.73 Å². The minimum Gasteiger partial charge on any atom is -0.339 e. The minimum absolute atomic E-state index is 0.149. The van der Waals surface area contributed by atoms with E-state index in [0.29, 0.717) is 5.25 Å². The molecule has 1 heterocycles. The first kappa shape index (κ1) is 12.8. The Balaban J connectivity index is 2.37. The first-order valence-electron chi connectivity index (χ1n) is 5.81. The Kier molecular flexibility index (Phi) is 5.47. The molecule has 0 spiro atoms. The zero-order chi connectivity index (χ0) is 11.3. The van der Waals surface area contributed by atoms with E-state index in [1.165, 1.54) is 0 Å². The summed E-state index contributed by atoms with van der Waals surface area (Å²) in [5.74, 6) is 1.20. The van der Waals surface area contributed by atoms with Crippen LogP contribution in [0.4, 0.5) is 0 Å². The van der Waals surface area contributed by atoms with Crippen LogP contribution in [0.15, 0.2) is 0 Å². The van der Waals surface area contributed by atoms with Gasteiger partial charge in [-0.1, -0.05) is 26.7 Å². The average Bonchev–Trinajstić information content (AvgIpc) is 2.24. The van der Waals surface area contributed by atoms with Crippen LogP contribution < -0.4 is 5.73 Å². The van der Waals surface area contributed by atoms with Crippen molar-refractivity contribution in [3.05, 3.63) is 0 Å². The second-order valence-electron chi connectivity index (χ2n) is 4.21. The van der Waals surface area contributed by atoms with E-state index in [2.05, 4.69) is 13.8 Å².